The number of aryl methyl sites for hydroxylation is 2. The highest BCUT2D eigenvalue weighted by Gasteiger charge is 2.16. The van der Waals surface area contributed by atoms with E-state index in [-0.39, 0.29) is 18.6 Å². The van der Waals surface area contributed by atoms with E-state index in [9.17, 15) is 14.4 Å². The Kier molecular flexibility index (Phi) is 7.75. The Morgan fingerprint density at radius 2 is 1.71 bits per heavy atom. The van der Waals surface area contributed by atoms with E-state index in [0.717, 1.165) is 15.6 Å². The first-order chi connectivity index (χ1) is 13.3. The number of rotatable bonds is 8. The normalized spacial score (nSPS) is 10.3. The van der Waals surface area contributed by atoms with Gasteiger partial charge in [-0.1, -0.05) is 34.1 Å². The summed E-state index contributed by atoms with van der Waals surface area (Å²) in [5.41, 5.74) is 2.94. The van der Waals surface area contributed by atoms with Gasteiger partial charge in [-0.3, -0.25) is 14.4 Å². The van der Waals surface area contributed by atoms with Gasteiger partial charge in [0.05, 0.1) is 19.1 Å². The fraction of sp³-hybridized carbons (Fsp3) is 0.286. The fourth-order valence-corrected chi connectivity index (χ4v) is 3.01. The Labute approximate surface area is 172 Å². The number of halogens is 1. The summed E-state index contributed by atoms with van der Waals surface area (Å²) in [6, 6.07) is 10.8. The van der Waals surface area contributed by atoms with Crippen LogP contribution in [0, 0.1) is 13.8 Å². The molecular weight excluding hydrogens is 426 g/mol. The number of hydrogen-bond acceptors (Lipinski definition) is 5. The number of anilines is 1. The van der Waals surface area contributed by atoms with Crippen molar-refractivity contribution in [3.05, 3.63) is 57.6 Å². The zero-order valence-corrected chi connectivity index (χ0v) is 17.6. The number of Topliss-reactive ketones (excluding diaryl/α,β-unsaturated/α-hetero) is 1. The topological polar surface area (TPSA) is 81.7 Å². The molecule has 2 rings (SSSR count). The van der Waals surface area contributed by atoms with Gasteiger partial charge in [0.25, 0.3) is 5.91 Å². The number of carbonyl (C=O) groups is 3. The molecule has 1 N–H and O–H groups in total. The Morgan fingerprint density at radius 3 is 2.36 bits per heavy atom. The first kappa shape index (κ1) is 21.6. The van der Waals surface area contributed by atoms with Crippen LogP contribution in [0.15, 0.2) is 40.9 Å². The van der Waals surface area contributed by atoms with Gasteiger partial charge in [-0.25, -0.2) is 0 Å². The Balaban J connectivity index is 1.83. The standard InChI is InChI=1S/C21H22BrNO5/c1-13-5-4-6-14(2)21(13)23-19(25)12-28-20(26)10-8-17(24)16-11-15(22)7-9-18(16)27-3/h4-7,9,11H,8,10,12H2,1-3H3,(H,23,25). The molecule has 0 aliphatic heterocycles. The maximum Gasteiger partial charge on any atom is 0.306 e. The van der Waals surface area contributed by atoms with Crippen molar-refractivity contribution < 1.29 is 23.9 Å². The number of methoxy groups -OCH3 is 1. The predicted octanol–water partition coefficient (Wildman–Crippen LogP) is 4.22. The van der Waals surface area contributed by atoms with E-state index in [1.54, 1.807) is 18.2 Å². The lowest BCUT2D eigenvalue weighted by molar-refractivity contribution is -0.147. The summed E-state index contributed by atoms with van der Waals surface area (Å²) < 4.78 is 10.9. The number of ketones is 1. The minimum absolute atomic E-state index is 0.0375. The van der Waals surface area contributed by atoms with Gasteiger partial charge < -0.3 is 14.8 Å². The Morgan fingerprint density at radius 1 is 1.04 bits per heavy atom. The van der Waals surface area contributed by atoms with Gasteiger partial charge in [0, 0.05) is 16.6 Å². The van der Waals surface area contributed by atoms with Gasteiger partial charge in [0.1, 0.15) is 5.75 Å². The van der Waals surface area contributed by atoms with Crippen LogP contribution in [0.3, 0.4) is 0 Å². The summed E-state index contributed by atoms with van der Waals surface area (Å²) in [6.07, 6.45) is -0.157. The molecule has 148 valence electrons. The zero-order valence-electron chi connectivity index (χ0n) is 16.0. The Hall–Kier alpha value is -2.67. The summed E-state index contributed by atoms with van der Waals surface area (Å²) in [6.45, 7) is 3.37. The molecule has 0 unspecified atom stereocenters. The third-order valence-corrected chi connectivity index (χ3v) is 4.62. The SMILES string of the molecule is COc1ccc(Br)cc1C(=O)CCC(=O)OCC(=O)Nc1c(C)cccc1C. The molecule has 0 saturated heterocycles. The summed E-state index contributed by atoms with van der Waals surface area (Å²) in [4.78, 5) is 36.3. The second kappa shape index (κ2) is 10.0. The molecule has 0 aliphatic carbocycles. The van der Waals surface area contributed by atoms with Crippen LogP contribution in [0.25, 0.3) is 0 Å². The third-order valence-electron chi connectivity index (χ3n) is 4.13. The molecule has 0 fully saturated rings. The highest BCUT2D eigenvalue weighted by molar-refractivity contribution is 9.10. The molecule has 0 atom stereocenters. The second-order valence-corrected chi connectivity index (χ2v) is 7.16. The largest absolute Gasteiger partial charge is 0.496 e. The number of carbonyl (C=O) groups excluding carboxylic acids is 3. The first-order valence-electron chi connectivity index (χ1n) is 8.70. The molecule has 2 aromatic rings. The monoisotopic (exact) mass is 447 g/mol. The Bertz CT molecular complexity index is 874. The highest BCUT2D eigenvalue weighted by Crippen LogP contribution is 2.24. The van der Waals surface area contributed by atoms with Crippen molar-refractivity contribution >= 4 is 39.3 Å². The van der Waals surface area contributed by atoms with Crippen molar-refractivity contribution in [1.29, 1.82) is 0 Å². The number of amides is 1. The van der Waals surface area contributed by atoms with Crippen LogP contribution in [0.2, 0.25) is 0 Å². The van der Waals surface area contributed by atoms with E-state index in [1.165, 1.54) is 7.11 Å². The number of benzene rings is 2. The summed E-state index contributed by atoms with van der Waals surface area (Å²) >= 11 is 3.31. The smallest absolute Gasteiger partial charge is 0.306 e. The van der Waals surface area contributed by atoms with Crippen molar-refractivity contribution in [2.75, 3.05) is 19.0 Å². The molecule has 7 heteroatoms. The lowest BCUT2D eigenvalue weighted by Gasteiger charge is -2.11. The number of nitrogens with one attached hydrogen (secondary N) is 1. The minimum Gasteiger partial charge on any atom is -0.496 e. The molecular formula is C21H22BrNO5. The van der Waals surface area contributed by atoms with E-state index < -0.39 is 18.5 Å². The van der Waals surface area contributed by atoms with Gasteiger partial charge in [-0.15, -0.1) is 0 Å². The lowest BCUT2D eigenvalue weighted by Crippen LogP contribution is -2.22. The van der Waals surface area contributed by atoms with Crippen molar-refractivity contribution in [2.45, 2.75) is 26.7 Å². The fourth-order valence-electron chi connectivity index (χ4n) is 2.65. The number of ether oxygens (including phenoxy) is 2. The lowest BCUT2D eigenvalue weighted by atomic mass is 10.1. The van der Waals surface area contributed by atoms with Gasteiger partial charge in [-0.05, 0) is 43.2 Å². The van der Waals surface area contributed by atoms with Crippen LogP contribution < -0.4 is 10.1 Å². The van der Waals surface area contributed by atoms with Crippen molar-refractivity contribution in [3.63, 3.8) is 0 Å². The van der Waals surface area contributed by atoms with E-state index in [2.05, 4.69) is 21.2 Å². The first-order valence-corrected chi connectivity index (χ1v) is 9.49. The van der Waals surface area contributed by atoms with Gasteiger partial charge in [0.2, 0.25) is 0 Å². The third kappa shape index (κ3) is 5.92. The summed E-state index contributed by atoms with van der Waals surface area (Å²) in [5, 5.41) is 2.74. The van der Waals surface area contributed by atoms with Gasteiger partial charge >= 0.3 is 5.97 Å². The average Bonchev–Trinajstić information content (AvgIpc) is 2.67. The number of hydrogen-bond donors (Lipinski definition) is 1. The highest BCUT2D eigenvalue weighted by atomic mass is 79.9. The predicted molar refractivity (Wildman–Crippen MR) is 110 cm³/mol. The van der Waals surface area contributed by atoms with Gasteiger partial charge in [-0.2, -0.15) is 0 Å². The molecule has 0 heterocycles. The van der Waals surface area contributed by atoms with Crippen LogP contribution in [-0.2, 0) is 14.3 Å². The van der Waals surface area contributed by atoms with Crippen molar-refractivity contribution in [1.82, 2.24) is 0 Å². The quantitative estimate of drug-likeness (QED) is 0.483. The minimum atomic E-state index is -0.612. The van der Waals surface area contributed by atoms with Crippen molar-refractivity contribution in [3.8, 4) is 5.75 Å². The second-order valence-electron chi connectivity index (χ2n) is 6.24. The van der Waals surface area contributed by atoms with Crippen molar-refractivity contribution in [2.24, 2.45) is 0 Å². The molecule has 0 aromatic heterocycles. The molecule has 0 radical (unpaired) electrons. The maximum atomic E-state index is 12.3. The molecule has 0 aliphatic rings. The molecule has 0 saturated carbocycles. The van der Waals surface area contributed by atoms with Crippen LogP contribution in [0.4, 0.5) is 5.69 Å². The van der Waals surface area contributed by atoms with E-state index in [0.29, 0.717) is 17.0 Å². The number of esters is 1. The number of para-hydroxylation sites is 1. The molecule has 0 spiro atoms. The summed E-state index contributed by atoms with van der Waals surface area (Å²) in [7, 11) is 1.48. The molecule has 0 bridgehead atoms. The summed E-state index contributed by atoms with van der Waals surface area (Å²) in [5.74, 6) is -0.839. The maximum absolute atomic E-state index is 12.3. The van der Waals surface area contributed by atoms with E-state index in [1.807, 2.05) is 32.0 Å². The zero-order chi connectivity index (χ0) is 20.7. The molecule has 6 nitrogen and oxygen atoms in total. The van der Waals surface area contributed by atoms with Crippen LogP contribution >= 0.6 is 15.9 Å². The van der Waals surface area contributed by atoms with Crippen LogP contribution in [0.1, 0.15) is 34.3 Å². The molecule has 28 heavy (non-hydrogen) atoms. The van der Waals surface area contributed by atoms with E-state index >= 15 is 0 Å². The van der Waals surface area contributed by atoms with Gasteiger partial charge in [0.15, 0.2) is 12.4 Å². The molecule has 1 amide bonds. The van der Waals surface area contributed by atoms with Crippen LogP contribution in [-0.4, -0.2) is 31.4 Å². The van der Waals surface area contributed by atoms with E-state index in [4.69, 9.17) is 9.47 Å². The molecule has 2 aromatic carbocycles. The average molecular weight is 448 g/mol. The van der Waals surface area contributed by atoms with Crippen LogP contribution in [0.5, 0.6) is 5.75 Å².